The molecule has 4 aliphatic carbocycles. The summed E-state index contributed by atoms with van der Waals surface area (Å²) in [6.07, 6.45) is 7.61. The van der Waals surface area contributed by atoms with Crippen molar-refractivity contribution in [3.8, 4) is 6.07 Å². The van der Waals surface area contributed by atoms with Crippen LogP contribution in [0.4, 0.5) is 0 Å². The fraction of sp³-hybridized carbons (Fsp3) is 0.929. The lowest BCUT2D eigenvalue weighted by molar-refractivity contribution is -0.0652. The predicted octanol–water partition coefficient (Wildman–Crippen LogP) is 2.69. The zero-order chi connectivity index (χ0) is 11.3. The lowest BCUT2D eigenvalue weighted by Crippen LogP contribution is -2.57. The Labute approximate surface area is 98.2 Å². The van der Waals surface area contributed by atoms with Crippen LogP contribution in [0.15, 0.2) is 0 Å². The molecule has 1 unspecified atom stereocenters. The van der Waals surface area contributed by atoms with E-state index >= 15 is 0 Å². The quantitative estimate of drug-likeness (QED) is 0.774. The Bertz CT molecular complexity index is 298. The number of nitrogens with zero attached hydrogens (tertiary/aromatic N) is 1. The van der Waals surface area contributed by atoms with E-state index in [-0.39, 0.29) is 5.54 Å². The summed E-state index contributed by atoms with van der Waals surface area (Å²) in [6.45, 7) is 2.11. The Morgan fingerprint density at radius 1 is 1.12 bits per heavy atom. The van der Waals surface area contributed by atoms with Gasteiger partial charge in [-0.1, -0.05) is 0 Å². The molecule has 0 saturated heterocycles. The average molecular weight is 218 g/mol. The first kappa shape index (κ1) is 10.6. The molecule has 0 aromatic rings. The summed E-state index contributed by atoms with van der Waals surface area (Å²) in [7, 11) is 0. The minimum Gasteiger partial charge on any atom is -0.324 e. The van der Waals surface area contributed by atoms with Gasteiger partial charge in [0.25, 0.3) is 0 Å². The van der Waals surface area contributed by atoms with Crippen molar-refractivity contribution in [2.24, 2.45) is 35.3 Å². The second kappa shape index (κ2) is 3.47. The maximum atomic E-state index is 8.93. The number of hydrogen-bond acceptors (Lipinski definition) is 2. The van der Waals surface area contributed by atoms with Crippen LogP contribution in [0, 0.1) is 40.9 Å². The maximum Gasteiger partial charge on any atom is 0.0641 e. The van der Waals surface area contributed by atoms with Crippen LogP contribution >= 0.6 is 0 Å². The van der Waals surface area contributed by atoms with Gasteiger partial charge in [0.1, 0.15) is 0 Å². The van der Waals surface area contributed by atoms with Gasteiger partial charge in [-0.3, -0.25) is 0 Å². The molecular formula is C14H22N2. The van der Waals surface area contributed by atoms with E-state index in [9.17, 15) is 0 Å². The zero-order valence-corrected chi connectivity index (χ0v) is 10.2. The lowest BCUT2D eigenvalue weighted by Gasteiger charge is -2.58. The molecule has 16 heavy (non-hydrogen) atoms. The zero-order valence-electron chi connectivity index (χ0n) is 10.2. The highest BCUT2D eigenvalue weighted by atomic mass is 14.8. The third-order valence-electron chi connectivity index (χ3n) is 5.45. The van der Waals surface area contributed by atoms with Crippen molar-refractivity contribution in [3.05, 3.63) is 0 Å². The SMILES string of the molecule is CC(N)(CC#N)C1C2CC3CC(C2)CC1C3. The van der Waals surface area contributed by atoms with Crippen molar-refractivity contribution >= 4 is 0 Å². The second-order valence-electron chi connectivity index (χ2n) is 6.80. The topological polar surface area (TPSA) is 49.8 Å². The van der Waals surface area contributed by atoms with Gasteiger partial charge in [-0.15, -0.1) is 0 Å². The Hall–Kier alpha value is -0.550. The molecule has 0 aromatic heterocycles. The number of nitrogens with two attached hydrogens (primary N) is 1. The molecule has 0 spiro atoms. The van der Waals surface area contributed by atoms with Gasteiger partial charge in [-0.05, 0) is 68.6 Å². The molecule has 0 aliphatic heterocycles. The standard InChI is InChI=1S/C14H22N2/c1-14(16,2-3-15)13-11-5-9-4-10(7-11)8-12(13)6-9/h9-13H,2,4-8,16H2,1H3. The fourth-order valence-corrected chi connectivity index (χ4v) is 5.29. The molecule has 0 aromatic carbocycles. The van der Waals surface area contributed by atoms with Crippen molar-refractivity contribution in [2.45, 2.75) is 51.0 Å². The molecular weight excluding hydrogens is 196 g/mol. The van der Waals surface area contributed by atoms with Crippen LogP contribution < -0.4 is 5.73 Å². The van der Waals surface area contributed by atoms with E-state index in [0.29, 0.717) is 12.3 Å². The first-order valence-corrected chi connectivity index (χ1v) is 6.76. The third-order valence-corrected chi connectivity index (χ3v) is 5.45. The van der Waals surface area contributed by atoms with Gasteiger partial charge >= 0.3 is 0 Å². The Morgan fingerprint density at radius 3 is 2.06 bits per heavy atom. The molecule has 0 heterocycles. The highest BCUT2D eigenvalue weighted by Crippen LogP contribution is 2.58. The fourth-order valence-electron chi connectivity index (χ4n) is 5.29. The van der Waals surface area contributed by atoms with Gasteiger partial charge in [0, 0.05) is 5.54 Å². The smallest absolute Gasteiger partial charge is 0.0641 e. The minimum absolute atomic E-state index is 0.239. The highest BCUT2D eigenvalue weighted by Gasteiger charge is 2.52. The van der Waals surface area contributed by atoms with Gasteiger partial charge in [-0.25, -0.2) is 0 Å². The first-order valence-electron chi connectivity index (χ1n) is 6.76. The lowest BCUT2D eigenvalue weighted by atomic mass is 9.48. The van der Waals surface area contributed by atoms with E-state index < -0.39 is 0 Å². The van der Waals surface area contributed by atoms with Gasteiger partial charge in [0.15, 0.2) is 0 Å². The van der Waals surface area contributed by atoms with Crippen molar-refractivity contribution in [3.63, 3.8) is 0 Å². The molecule has 88 valence electrons. The summed E-state index contributed by atoms with van der Waals surface area (Å²) in [5.74, 6) is 4.28. The molecule has 0 radical (unpaired) electrons. The maximum absolute atomic E-state index is 8.93. The van der Waals surface area contributed by atoms with Gasteiger partial charge in [0.05, 0.1) is 12.5 Å². The van der Waals surface area contributed by atoms with Crippen molar-refractivity contribution in [1.29, 1.82) is 5.26 Å². The van der Waals surface area contributed by atoms with Crippen LogP contribution in [0.2, 0.25) is 0 Å². The number of rotatable bonds is 2. The van der Waals surface area contributed by atoms with Crippen molar-refractivity contribution in [2.75, 3.05) is 0 Å². The first-order chi connectivity index (χ1) is 7.60. The molecule has 2 heteroatoms. The monoisotopic (exact) mass is 218 g/mol. The summed E-state index contributed by atoms with van der Waals surface area (Å²) in [4.78, 5) is 0. The Morgan fingerprint density at radius 2 is 1.62 bits per heavy atom. The van der Waals surface area contributed by atoms with E-state index in [1.807, 2.05) is 0 Å². The van der Waals surface area contributed by atoms with Gasteiger partial charge in [0.2, 0.25) is 0 Å². The summed E-state index contributed by atoms with van der Waals surface area (Å²) in [5, 5.41) is 8.93. The molecule has 4 saturated carbocycles. The van der Waals surface area contributed by atoms with Crippen LogP contribution in [0.3, 0.4) is 0 Å². The van der Waals surface area contributed by atoms with E-state index in [1.54, 1.807) is 0 Å². The van der Waals surface area contributed by atoms with Crippen molar-refractivity contribution < 1.29 is 0 Å². The molecule has 4 rings (SSSR count). The van der Waals surface area contributed by atoms with Crippen LogP contribution in [-0.4, -0.2) is 5.54 Å². The largest absolute Gasteiger partial charge is 0.324 e. The normalized spacial score (nSPS) is 48.7. The summed E-state index contributed by atoms with van der Waals surface area (Å²) >= 11 is 0. The molecule has 2 nitrogen and oxygen atoms in total. The summed E-state index contributed by atoms with van der Waals surface area (Å²) in [6, 6.07) is 2.29. The second-order valence-corrected chi connectivity index (χ2v) is 6.80. The molecule has 0 amide bonds. The molecule has 4 bridgehead atoms. The van der Waals surface area contributed by atoms with Crippen molar-refractivity contribution in [1.82, 2.24) is 0 Å². The van der Waals surface area contributed by atoms with Crippen LogP contribution in [0.5, 0.6) is 0 Å². The van der Waals surface area contributed by atoms with E-state index in [2.05, 4.69) is 13.0 Å². The van der Waals surface area contributed by atoms with Gasteiger partial charge < -0.3 is 5.73 Å². The molecule has 4 fully saturated rings. The summed E-state index contributed by atoms with van der Waals surface area (Å²) < 4.78 is 0. The molecule has 4 aliphatic rings. The highest BCUT2D eigenvalue weighted by molar-refractivity contribution is 5.07. The Balaban J connectivity index is 1.84. The number of hydrogen-bond donors (Lipinski definition) is 1. The van der Waals surface area contributed by atoms with Gasteiger partial charge in [-0.2, -0.15) is 5.26 Å². The predicted molar refractivity (Wildman–Crippen MR) is 63.4 cm³/mol. The van der Waals surface area contributed by atoms with E-state index in [0.717, 1.165) is 23.7 Å². The third kappa shape index (κ3) is 1.49. The Kier molecular flexibility index (Phi) is 2.30. The minimum atomic E-state index is -0.239. The van der Waals surface area contributed by atoms with E-state index in [4.69, 9.17) is 11.0 Å². The number of nitriles is 1. The van der Waals surface area contributed by atoms with Crippen LogP contribution in [0.1, 0.15) is 45.4 Å². The molecule has 1 atom stereocenters. The molecule has 2 N–H and O–H groups in total. The average Bonchev–Trinajstić information content (AvgIpc) is 2.14. The van der Waals surface area contributed by atoms with Crippen LogP contribution in [-0.2, 0) is 0 Å². The van der Waals surface area contributed by atoms with E-state index in [1.165, 1.54) is 32.1 Å². The summed E-state index contributed by atoms with van der Waals surface area (Å²) in [5.41, 5.74) is 6.19. The van der Waals surface area contributed by atoms with Crippen LogP contribution in [0.25, 0.3) is 0 Å².